The van der Waals surface area contributed by atoms with Gasteiger partial charge in [0, 0.05) is 6.42 Å². The van der Waals surface area contributed by atoms with Crippen molar-refractivity contribution in [2.24, 2.45) is 46.3 Å². The van der Waals surface area contributed by atoms with E-state index < -0.39 is 0 Å². The molecular weight excluding hydrogens is 364 g/mol. The van der Waals surface area contributed by atoms with Crippen LogP contribution < -0.4 is 0 Å². The molecule has 4 aliphatic rings. The molecule has 0 heterocycles. The summed E-state index contributed by atoms with van der Waals surface area (Å²) in [5.74, 6) is 4.96. The number of carbonyl (C=O) groups excluding carboxylic acids is 1. The molecular formula is C29H44O. The fourth-order valence-corrected chi connectivity index (χ4v) is 8.56. The largest absolute Gasteiger partial charge is 0.295 e. The summed E-state index contributed by atoms with van der Waals surface area (Å²) in [7, 11) is 0. The van der Waals surface area contributed by atoms with Crippen LogP contribution in [0.4, 0.5) is 0 Å². The number of hydrogen-bond donors (Lipinski definition) is 0. The molecule has 8 atom stereocenters. The molecule has 3 saturated carbocycles. The summed E-state index contributed by atoms with van der Waals surface area (Å²) in [6.07, 6.45) is 18.1. The van der Waals surface area contributed by atoms with Crippen molar-refractivity contribution in [3.8, 4) is 0 Å². The maximum Gasteiger partial charge on any atom is 0.155 e. The highest BCUT2D eigenvalue weighted by molar-refractivity contribution is 5.91. The second kappa shape index (κ2) is 8.10. The number of allylic oxidation sites excluding steroid dienone is 4. The van der Waals surface area contributed by atoms with Gasteiger partial charge in [-0.05, 0) is 111 Å². The molecule has 8 unspecified atom stereocenters. The van der Waals surface area contributed by atoms with Crippen molar-refractivity contribution in [3.63, 3.8) is 0 Å². The Hall–Kier alpha value is -1.11. The normalized spacial score (nSPS) is 42.8. The van der Waals surface area contributed by atoms with Crippen molar-refractivity contribution in [3.05, 3.63) is 36.0 Å². The van der Waals surface area contributed by atoms with E-state index in [1.165, 1.54) is 49.7 Å². The Kier molecular flexibility index (Phi) is 5.97. The standard InChI is InChI=1S/C29H44O/c1-7-21(19(2)3)9-8-20(4)25-12-13-26-24-11-10-22-18-23(30)14-16-28(22,5)27(24)15-17-29(25,26)6/h8-9,18,20-21,24-27H,2,7,10-17H2,1,3-6H3/b9-8+. The Balaban J connectivity index is 1.53. The highest BCUT2D eigenvalue weighted by Crippen LogP contribution is 2.67. The maximum absolute atomic E-state index is 12.1. The van der Waals surface area contributed by atoms with E-state index in [0.29, 0.717) is 28.4 Å². The lowest BCUT2D eigenvalue weighted by molar-refractivity contribution is -0.117. The van der Waals surface area contributed by atoms with Crippen LogP contribution in [0.1, 0.15) is 92.4 Å². The van der Waals surface area contributed by atoms with Gasteiger partial charge in [0.15, 0.2) is 5.78 Å². The van der Waals surface area contributed by atoms with E-state index in [-0.39, 0.29) is 0 Å². The Morgan fingerprint density at radius 2 is 1.90 bits per heavy atom. The zero-order valence-corrected chi connectivity index (χ0v) is 20.2. The quantitative estimate of drug-likeness (QED) is 0.422. The highest BCUT2D eigenvalue weighted by atomic mass is 16.1. The van der Waals surface area contributed by atoms with Gasteiger partial charge in [-0.1, -0.05) is 57.6 Å². The topological polar surface area (TPSA) is 17.1 Å². The zero-order chi connectivity index (χ0) is 21.7. The second-order valence-corrected chi connectivity index (χ2v) is 11.8. The van der Waals surface area contributed by atoms with E-state index in [9.17, 15) is 4.79 Å². The fourth-order valence-electron chi connectivity index (χ4n) is 8.56. The third-order valence-electron chi connectivity index (χ3n) is 10.4. The molecule has 3 fully saturated rings. The minimum absolute atomic E-state index is 0.303. The van der Waals surface area contributed by atoms with Crippen molar-refractivity contribution in [2.75, 3.05) is 0 Å². The van der Waals surface area contributed by atoms with Gasteiger partial charge in [-0.3, -0.25) is 4.79 Å². The summed E-state index contributed by atoms with van der Waals surface area (Å²) < 4.78 is 0. The molecule has 0 aromatic carbocycles. The summed E-state index contributed by atoms with van der Waals surface area (Å²) >= 11 is 0. The number of hydrogen-bond acceptors (Lipinski definition) is 1. The molecule has 1 nitrogen and oxygen atoms in total. The summed E-state index contributed by atoms with van der Waals surface area (Å²) in [5, 5.41) is 0. The Bertz CT molecular complexity index is 756. The Morgan fingerprint density at radius 3 is 2.60 bits per heavy atom. The van der Waals surface area contributed by atoms with E-state index in [1.54, 1.807) is 0 Å². The first kappa shape index (κ1) is 22.1. The van der Waals surface area contributed by atoms with Crippen LogP contribution in [0.5, 0.6) is 0 Å². The van der Waals surface area contributed by atoms with Crippen LogP contribution in [0.25, 0.3) is 0 Å². The van der Waals surface area contributed by atoms with Crippen molar-refractivity contribution in [2.45, 2.75) is 92.4 Å². The van der Waals surface area contributed by atoms with Gasteiger partial charge in [0.25, 0.3) is 0 Å². The van der Waals surface area contributed by atoms with Crippen LogP contribution in [-0.2, 0) is 4.79 Å². The molecule has 4 rings (SSSR count). The van der Waals surface area contributed by atoms with Crippen LogP contribution in [0.3, 0.4) is 0 Å². The molecule has 0 amide bonds. The summed E-state index contributed by atoms with van der Waals surface area (Å²) in [5.41, 5.74) is 3.59. The zero-order valence-electron chi connectivity index (χ0n) is 20.2. The SMILES string of the molecule is C=C(C)C(/C=C/C(C)C1CCC2C3CCC4=CC(=O)CCC4(C)C3CCC12C)CC. The fraction of sp³-hybridized carbons (Fsp3) is 0.759. The summed E-state index contributed by atoms with van der Waals surface area (Å²) in [4.78, 5) is 12.1. The Labute approximate surface area is 185 Å². The first-order valence-electron chi connectivity index (χ1n) is 12.8. The van der Waals surface area contributed by atoms with Gasteiger partial charge < -0.3 is 0 Å². The average molecular weight is 409 g/mol. The van der Waals surface area contributed by atoms with Crippen LogP contribution >= 0.6 is 0 Å². The monoisotopic (exact) mass is 408 g/mol. The highest BCUT2D eigenvalue weighted by Gasteiger charge is 2.59. The molecule has 0 aromatic rings. The smallest absolute Gasteiger partial charge is 0.155 e. The van der Waals surface area contributed by atoms with E-state index in [1.807, 2.05) is 6.08 Å². The number of fused-ring (bicyclic) bond motifs is 5. The van der Waals surface area contributed by atoms with Crippen LogP contribution in [0, 0.1) is 46.3 Å². The second-order valence-electron chi connectivity index (χ2n) is 11.8. The van der Waals surface area contributed by atoms with Gasteiger partial charge in [0.1, 0.15) is 0 Å². The van der Waals surface area contributed by atoms with Crippen LogP contribution in [0.2, 0.25) is 0 Å². The molecule has 30 heavy (non-hydrogen) atoms. The van der Waals surface area contributed by atoms with E-state index in [4.69, 9.17) is 0 Å². The van der Waals surface area contributed by atoms with Crippen LogP contribution in [-0.4, -0.2) is 5.78 Å². The molecule has 166 valence electrons. The minimum Gasteiger partial charge on any atom is -0.295 e. The first-order chi connectivity index (χ1) is 14.2. The molecule has 0 aliphatic heterocycles. The van der Waals surface area contributed by atoms with E-state index >= 15 is 0 Å². The molecule has 0 N–H and O–H groups in total. The molecule has 0 radical (unpaired) electrons. The lowest BCUT2D eigenvalue weighted by Crippen LogP contribution is -2.50. The predicted molar refractivity (Wildman–Crippen MR) is 127 cm³/mol. The minimum atomic E-state index is 0.303. The number of carbonyl (C=O) groups is 1. The van der Waals surface area contributed by atoms with Crippen molar-refractivity contribution < 1.29 is 4.79 Å². The van der Waals surface area contributed by atoms with Crippen LogP contribution in [0.15, 0.2) is 36.0 Å². The van der Waals surface area contributed by atoms with Gasteiger partial charge in [-0.15, -0.1) is 0 Å². The lowest BCUT2D eigenvalue weighted by Gasteiger charge is -2.58. The number of rotatable bonds is 5. The van der Waals surface area contributed by atoms with Crippen molar-refractivity contribution in [1.29, 1.82) is 0 Å². The van der Waals surface area contributed by atoms with E-state index in [2.05, 4.69) is 53.3 Å². The number of ketones is 1. The molecule has 4 aliphatic carbocycles. The molecule has 0 saturated heterocycles. The molecule has 0 aromatic heterocycles. The maximum atomic E-state index is 12.1. The molecule has 1 heteroatoms. The lowest BCUT2D eigenvalue weighted by atomic mass is 9.46. The summed E-state index contributed by atoms with van der Waals surface area (Å²) in [6.45, 7) is 16.3. The van der Waals surface area contributed by atoms with Gasteiger partial charge in [0.05, 0.1) is 0 Å². The summed E-state index contributed by atoms with van der Waals surface area (Å²) in [6, 6.07) is 0. The average Bonchev–Trinajstić information content (AvgIpc) is 3.06. The molecule has 0 bridgehead atoms. The first-order valence-corrected chi connectivity index (χ1v) is 12.8. The van der Waals surface area contributed by atoms with E-state index in [0.717, 1.165) is 42.9 Å². The van der Waals surface area contributed by atoms with Gasteiger partial charge in [0.2, 0.25) is 0 Å². The third-order valence-corrected chi connectivity index (χ3v) is 10.4. The van der Waals surface area contributed by atoms with Crippen molar-refractivity contribution >= 4 is 5.78 Å². The van der Waals surface area contributed by atoms with Crippen molar-refractivity contribution in [1.82, 2.24) is 0 Å². The van der Waals surface area contributed by atoms with Gasteiger partial charge >= 0.3 is 0 Å². The molecule has 0 spiro atoms. The van der Waals surface area contributed by atoms with Gasteiger partial charge in [-0.25, -0.2) is 0 Å². The third kappa shape index (κ3) is 3.49. The van der Waals surface area contributed by atoms with Gasteiger partial charge in [-0.2, -0.15) is 0 Å². The Morgan fingerprint density at radius 1 is 1.13 bits per heavy atom. The predicted octanol–water partition coefficient (Wildman–Crippen LogP) is 7.93.